The smallest absolute Gasteiger partial charge is 0.310 e. The lowest BCUT2D eigenvalue weighted by Gasteiger charge is -2.33. The molecule has 2 N–H and O–H groups in total. The Kier molecular flexibility index (Phi) is 9.27. The Hall–Kier alpha value is -2.77. The molecule has 1 aromatic rings. The largest absolute Gasteiger partial charge is 0.497 e. The fourth-order valence-electron chi connectivity index (χ4n) is 3.19. The molecule has 0 aromatic heterocycles. The van der Waals surface area contributed by atoms with Crippen LogP contribution in [-0.2, 0) is 20.9 Å². The van der Waals surface area contributed by atoms with Crippen molar-refractivity contribution in [3.05, 3.63) is 29.8 Å². The van der Waals surface area contributed by atoms with Crippen molar-refractivity contribution < 1.29 is 19.1 Å². The molecule has 1 heterocycles. The third-order valence-electron chi connectivity index (χ3n) is 4.70. The number of methoxy groups -OCH3 is 1. The number of aliphatic imine (C=N–C) groups is 1. The number of rotatable bonds is 8. The van der Waals surface area contributed by atoms with Gasteiger partial charge in [0.05, 0.1) is 19.6 Å². The van der Waals surface area contributed by atoms with Crippen LogP contribution in [0.1, 0.15) is 32.3 Å². The van der Waals surface area contributed by atoms with Crippen LogP contribution >= 0.6 is 0 Å². The minimum Gasteiger partial charge on any atom is -0.497 e. The molecule has 1 amide bonds. The van der Waals surface area contributed by atoms with E-state index in [9.17, 15) is 9.59 Å². The van der Waals surface area contributed by atoms with Crippen molar-refractivity contribution in [3.8, 4) is 5.75 Å². The minimum absolute atomic E-state index is 0.0268. The fourth-order valence-corrected chi connectivity index (χ4v) is 3.19. The number of ether oxygens (including phenoxy) is 2. The highest BCUT2D eigenvalue weighted by Crippen LogP contribution is 2.18. The Labute approximate surface area is 172 Å². The molecule has 1 unspecified atom stereocenters. The molecule has 29 heavy (non-hydrogen) atoms. The summed E-state index contributed by atoms with van der Waals surface area (Å²) in [6.07, 6.45) is 1.70. The number of piperidine rings is 1. The number of benzene rings is 1. The quantitative estimate of drug-likeness (QED) is 0.388. The minimum atomic E-state index is -0.162. The van der Waals surface area contributed by atoms with Gasteiger partial charge in [-0.15, -0.1) is 0 Å². The second-order valence-electron chi connectivity index (χ2n) is 6.83. The Morgan fingerprint density at radius 3 is 2.62 bits per heavy atom. The zero-order valence-corrected chi connectivity index (χ0v) is 17.6. The van der Waals surface area contributed by atoms with Crippen LogP contribution < -0.4 is 15.4 Å². The van der Waals surface area contributed by atoms with Gasteiger partial charge in [-0.05, 0) is 44.4 Å². The summed E-state index contributed by atoms with van der Waals surface area (Å²) >= 11 is 0. The summed E-state index contributed by atoms with van der Waals surface area (Å²) < 4.78 is 10.3. The van der Waals surface area contributed by atoms with E-state index in [1.807, 2.05) is 43.0 Å². The standard InChI is InChI=1S/C21H32N4O4/c1-4-22-21(25-12-6-7-17(15-25)20(27)29-5-2)24-14-19(26)23-13-16-8-10-18(28-3)11-9-16/h8-11,17H,4-7,12-15H2,1-3H3,(H,22,24)(H,23,26). The number of amides is 1. The summed E-state index contributed by atoms with van der Waals surface area (Å²) in [5, 5.41) is 6.09. The van der Waals surface area contributed by atoms with Crippen LogP contribution in [0.15, 0.2) is 29.3 Å². The van der Waals surface area contributed by atoms with Crippen LogP contribution in [0.2, 0.25) is 0 Å². The number of nitrogens with one attached hydrogen (secondary N) is 2. The van der Waals surface area contributed by atoms with Crippen molar-refractivity contribution in [2.75, 3.05) is 39.9 Å². The van der Waals surface area contributed by atoms with Gasteiger partial charge in [0.15, 0.2) is 5.96 Å². The summed E-state index contributed by atoms with van der Waals surface area (Å²) in [6.45, 7) is 6.68. The number of hydrogen-bond donors (Lipinski definition) is 2. The maximum atomic E-state index is 12.2. The molecule has 0 radical (unpaired) electrons. The van der Waals surface area contributed by atoms with Crippen molar-refractivity contribution in [1.82, 2.24) is 15.5 Å². The first-order valence-electron chi connectivity index (χ1n) is 10.2. The molecule has 1 fully saturated rings. The molecule has 0 bridgehead atoms. The van der Waals surface area contributed by atoms with Crippen molar-refractivity contribution in [2.45, 2.75) is 33.2 Å². The fraction of sp³-hybridized carbons (Fsp3) is 0.571. The molecule has 8 heteroatoms. The molecule has 0 saturated carbocycles. The number of nitrogens with zero attached hydrogens (tertiary/aromatic N) is 2. The topological polar surface area (TPSA) is 92.3 Å². The van der Waals surface area contributed by atoms with Gasteiger partial charge in [0.25, 0.3) is 0 Å². The van der Waals surface area contributed by atoms with Gasteiger partial charge in [-0.2, -0.15) is 0 Å². The van der Waals surface area contributed by atoms with Gasteiger partial charge in [0.2, 0.25) is 5.91 Å². The van der Waals surface area contributed by atoms with Gasteiger partial charge in [-0.25, -0.2) is 4.99 Å². The Bertz CT molecular complexity index is 690. The monoisotopic (exact) mass is 404 g/mol. The van der Waals surface area contributed by atoms with E-state index in [0.717, 1.165) is 30.7 Å². The summed E-state index contributed by atoms with van der Waals surface area (Å²) in [5.41, 5.74) is 0.989. The molecular weight excluding hydrogens is 372 g/mol. The normalized spacial score (nSPS) is 16.9. The SMILES string of the molecule is CCNC(=NCC(=O)NCc1ccc(OC)cc1)N1CCCC(C(=O)OCC)C1. The van der Waals surface area contributed by atoms with Crippen molar-refractivity contribution in [3.63, 3.8) is 0 Å². The van der Waals surface area contributed by atoms with Crippen molar-refractivity contribution in [2.24, 2.45) is 10.9 Å². The van der Waals surface area contributed by atoms with E-state index in [1.165, 1.54) is 0 Å². The maximum absolute atomic E-state index is 12.2. The molecule has 8 nitrogen and oxygen atoms in total. The second-order valence-corrected chi connectivity index (χ2v) is 6.83. The number of esters is 1. The van der Waals surface area contributed by atoms with Gasteiger partial charge in [-0.1, -0.05) is 12.1 Å². The van der Waals surface area contributed by atoms with Crippen LogP contribution in [0.25, 0.3) is 0 Å². The number of likely N-dealkylation sites (tertiary alicyclic amines) is 1. The van der Waals surface area contributed by atoms with Crippen LogP contribution in [-0.4, -0.2) is 62.6 Å². The van der Waals surface area contributed by atoms with E-state index in [-0.39, 0.29) is 24.3 Å². The molecule has 1 aliphatic rings. The summed E-state index contributed by atoms with van der Waals surface area (Å²) in [6, 6.07) is 7.55. The maximum Gasteiger partial charge on any atom is 0.310 e. The van der Waals surface area contributed by atoms with Crippen LogP contribution in [0.5, 0.6) is 5.75 Å². The average Bonchev–Trinajstić information content (AvgIpc) is 2.75. The highest BCUT2D eigenvalue weighted by atomic mass is 16.5. The average molecular weight is 405 g/mol. The molecular formula is C21H32N4O4. The number of guanidine groups is 1. The molecule has 1 atom stereocenters. The Balaban J connectivity index is 1.89. The van der Waals surface area contributed by atoms with Gasteiger partial charge in [0, 0.05) is 26.2 Å². The van der Waals surface area contributed by atoms with Crippen LogP contribution in [0, 0.1) is 5.92 Å². The van der Waals surface area contributed by atoms with Gasteiger partial charge < -0.3 is 25.0 Å². The van der Waals surface area contributed by atoms with E-state index in [4.69, 9.17) is 9.47 Å². The van der Waals surface area contributed by atoms with E-state index < -0.39 is 0 Å². The lowest BCUT2D eigenvalue weighted by molar-refractivity contribution is -0.149. The van der Waals surface area contributed by atoms with E-state index >= 15 is 0 Å². The summed E-state index contributed by atoms with van der Waals surface area (Å²) in [4.78, 5) is 30.8. The number of hydrogen-bond acceptors (Lipinski definition) is 5. The van der Waals surface area contributed by atoms with E-state index in [1.54, 1.807) is 7.11 Å². The zero-order chi connectivity index (χ0) is 21.1. The summed E-state index contributed by atoms with van der Waals surface area (Å²) in [7, 11) is 1.62. The number of carbonyl (C=O) groups is 2. The first-order chi connectivity index (χ1) is 14.1. The molecule has 1 aliphatic heterocycles. The predicted octanol–water partition coefficient (Wildman–Crippen LogP) is 1.55. The van der Waals surface area contributed by atoms with Crippen LogP contribution in [0.4, 0.5) is 0 Å². The Morgan fingerprint density at radius 2 is 1.97 bits per heavy atom. The van der Waals surface area contributed by atoms with Gasteiger partial charge >= 0.3 is 5.97 Å². The molecule has 160 valence electrons. The van der Waals surface area contributed by atoms with Gasteiger partial charge in [0.1, 0.15) is 12.3 Å². The molecule has 1 aromatic carbocycles. The first kappa shape index (κ1) is 22.5. The van der Waals surface area contributed by atoms with Crippen molar-refractivity contribution >= 4 is 17.8 Å². The zero-order valence-electron chi connectivity index (χ0n) is 17.6. The van der Waals surface area contributed by atoms with Crippen LogP contribution in [0.3, 0.4) is 0 Å². The first-order valence-corrected chi connectivity index (χ1v) is 10.2. The third kappa shape index (κ3) is 7.29. The summed E-state index contributed by atoms with van der Waals surface area (Å²) in [5.74, 6) is 0.959. The van der Waals surface area contributed by atoms with E-state index in [0.29, 0.717) is 32.2 Å². The van der Waals surface area contributed by atoms with Crippen molar-refractivity contribution in [1.29, 1.82) is 0 Å². The Morgan fingerprint density at radius 1 is 1.21 bits per heavy atom. The van der Waals surface area contributed by atoms with Gasteiger partial charge in [-0.3, -0.25) is 9.59 Å². The van der Waals surface area contributed by atoms with E-state index in [2.05, 4.69) is 15.6 Å². The molecule has 0 spiro atoms. The lowest BCUT2D eigenvalue weighted by Crippen LogP contribution is -2.48. The highest BCUT2D eigenvalue weighted by Gasteiger charge is 2.28. The molecule has 2 rings (SSSR count). The second kappa shape index (κ2) is 11.9. The molecule has 1 saturated heterocycles. The molecule has 0 aliphatic carbocycles. The highest BCUT2D eigenvalue weighted by molar-refractivity contribution is 5.85. The predicted molar refractivity (Wildman–Crippen MR) is 112 cm³/mol. The lowest BCUT2D eigenvalue weighted by atomic mass is 9.98. The number of carbonyl (C=O) groups excluding carboxylic acids is 2. The third-order valence-corrected chi connectivity index (χ3v) is 4.70.